The highest BCUT2D eigenvalue weighted by Crippen LogP contribution is 2.26. The number of benzene rings is 1. The van der Waals surface area contributed by atoms with Crippen LogP contribution >= 0.6 is 0 Å². The van der Waals surface area contributed by atoms with Gasteiger partial charge in [-0.1, -0.05) is 76.6 Å². The molecule has 0 saturated heterocycles. The van der Waals surface area contributed by atoms with Crippen molar-refractivity contribution in [2.75, 3.05) is 0 Å². The quantitative estimate of drug-likeness (QED) is 0.476. The third-order valence-corrected chi connectivity index (χ3v) is 3.47. The standard InChI is InChI=1S/C17H27/c1-3-5-6-7-9-13-16(12-4-2)17-14-10-8-11-15-17/h8,10-11,14,16H,3-7,9,12-13H2,1-2H3. The zero-order chi connectivity index (χ0) is 12.3. The summed E-state index contributed by atoms with van der Waals surface area (Å²) in [6, 6.07) is 11.9. The third-order valence-electron chi connectivity index (χ3n) is 3.47. The molecule has 95 valence electrons. The van der Waals surface area contributed by atoms with E-state index >= 15 is 0 Å². The Morgan fingerprint density at radius 2 is 1.76 bits per heavy atom. The Hall–Kier alpha value is -0.780. The highest BCUT2D eigenvalue weighted by Gasteiger charge is 2.09. The lowest BCUT2D eigenvalue weighted by Crippen LogP contribution is -1.99. The van der Waals surface area contributed by atoms with E-state index in [1.807, 2.05) is 0 Å². The Kier molecular flexibility index (Phi) is 7.79. The summed E-state index contributed by atoms with van der Waals surface area (Å²) in [6.45, 7) is 4.56. The van der Waals surface area contributed by atoms with E-state index in [9.17, 15) is 0 Å². The van der Waals surface area contributed by atoms with Crippen LogP contribution in [0.5, 0.6) is 0 Å². The lowest BCUT2D eigenvalue weighted by Gasteiger charge is -2.16. The van der Waals surface area contributed by atoms with Gasteiger partial charge in [0.2, 0.25) is 0 Å². The maximum absolute atomic E-state index is 3.41. The fourth-order valence-corrected chi connectivity index (χ4v) is 2.46. The molecular formula is C17H27. The lowest BCUT2D eigenvalue weighted by molar-refractivity contribution is 0.515. The minimum atomic E-state index is 0.739. The van der Waals surface area contributed by atoms with E-state index in [-0.39, 0.29) is 0 Å². The molecule has 1 radical (unpaired) electrons. The van der Waals surface area contributed by atoms with Crippen LogP contribution in [0, 0.1) is 6.07 Å². The summed E-state index contributed by atoms with van der Waals surface area (Å²) in [7, 11) is 0. The summed E-state index contributed by atoms with van der Waals surface area (Å²) in [5.74, 6) is 0.739. The Morgan fingerprint density at radius 1 is 0.941 bits per heavy atom. The normalized spacial score (nSPS) is 12.6. The molecule has 0 aromatic heterocycles. The van der Waals surface area contributed by atoms with Gasteiger partial charge >= 0.3 is 0 Å². The summed E-state index contributed by atoms with van der Waals surface area (Å²) in [5.41, 5.74) is 1.42. The van der Waals surface area contributed by atoms with Crippen molar-refractivity contribution in [3.8, 4) is 0 Å². The van der Waals surface area contributed by atoms with E-state index < -0.39 is 0 Å². The average molecular weight is 231 g/mol. The summed E-state index contributed by atoms with van der Waals surface area (Å²) >= 11 is 0. The van der Waals surface area contributed by atoms with E-state index in [0.717, 1.165) is 5.92 Å². The van der Waals surface area contributed by atoms with Crippen molar-refractivity contribution < 1.29 is 0 Å². The highest BCUT2D eigenvalue weighted by molar-refractivity contribution is 5.17. The van der Waals surface area contributed by atoms with Gasteiger partial charge in [-0.2, -0.15) is 0 Å². The van der Waals surface area contributed by atoms with Crippen LogP contribution in [0.2, 0.25) is 0 Å². The first-order valence-electron chi connectivity index (χ1n) is 7.35. The van der Waals surface area contributed by atoms with Crippen molar-refractivity contribution in [2.45, 2.75) is 71.1 Å². The van der Waals surface area contributed by atoms with Crippen molar-refractivity contribution in [2.24, 2.45) is 0 Å². The molecule has 1 unspecified atom stereocenters. The van der Waals surface area contributed by atoms with Crippen molar-refractivity contribution in [3.63, 3.8) is 0 Å². The van der Waals surface area contributed by atoms with Crippen LogP contribution in [0.1, 0.15) is 76.7 Å². The predicted molar refractivity (Wildman–Crippen MR) is 76.3 cm³/mol. The van der Waals surface area contributed by atoms with Crippen LogP contribution in [-0.4, -0.2) is 0 Å². The molecule has 1 aromatic carbocycles. The molecule has 17 heavy (non-hydrogen) atoms. The second-order valence-corrected chi connectivity index (χ2v) is 5.01. The van der Waals surface area contributed by atoms with Gasteiger partial charge in [0.25, 0.3) is 0 Å². The highest BCUT2D eigenvalue weighted by atomic mass is 14.1. The zero-order valence-corrected chi connectivity index (χ0v) is 11.5. The van der Waals surface area contributed by atoms with Crippen LogP contribution in [0.4, 0.5) is 0 Å². The van der Waals surface area contributed by atoms with Crippen molar-refractivity contribution in [1.82, 2.24) is 0 Å². The summed E-state index contributed by atoms with van der Waals surface area (Å²) in [6.07, 6.45) is 10.9. The van der Waals surface area contributed by atoms with Gasteiger partial charge in [0.1, 0.15) is 0 Å². The van der Waals surface area contributed by atoms with Crippen molar-refractivity contribution in [1.29, 1.82) is 0 Å². The Morgan fingerprint density at radius 3 is 2.41 bits per heavy atom. The second-order valence-electron chi connectivity index (χ2n) is 5.01. The molecule has 1 atom stereocenters. The SMILES string of the molecule is CCCCCCCC(CCC)c1[c]cccc1. The first kappa shape index (κ1) is 14.3. The molecule has 0 heteroatoms. The van der Waals surface area contributed by atoms with E-state index in [4.69, 9.17) is 0 Å². The molecule has 0 saturated carbocycles. The van der Waals surface area contributed by atoms with Gasteiger partial charge in [-0.3, -0.25) is 0 Å². The molecule has 0 N–H and O–H groups in total. The lowest BCUT2D eigenvalue weighted by atomic mass is 9.89. The summed E-state index contributed by atoms with van der Waals surface area (Å²) in [5, 5.41) is 0. The molecule has 1 rings (SSSR count). The summed E-state index contributed by atoms with van der Waals surface area (Å²) in [4.78, 5) is 0. The van der Waals surface area contributed by atoms with Crippen LogP contribution < -0.4 is 0 Å². The first-order chi connectivity index (χ1) is 8.38. The van der Waals surface area contributed by atoms with Crippen LogP contribution in [0.15, 0.2) is 24.3 Å². The van der Waals surface area contributed by atoms with Crippen LogP contribution in [0.3, 0.4) is 0 Å². The molecule has 0 aliphatic carbocycles. The van der Waals surface area contributed by atoms with E-state index in [0.29, 0.717) is 0 Å². The molecule has 0 aliphatic heterocycles. The molecule has 0 heterocycles. The Bertz CT molecular complexity index is 263. The molecular weight excluding hydrogens is 204 g/mol. The maximum atomic E-state index is 3.41. The monoisotopic (exact) mass is 231 g/mol. The van der Waals surface area contributed by atoms with E-state index in [1.165, 1.54) is 56.9 Å². The van der Waals surface area contributed by atoms with Gasteiger partial charge in [-0.25, -0.2) is 0 Å². The number of hydrogen-bond donors (Lipinski definition) is 0. The smallest absolute Gasteiger partial charge is 0.0146 e. The zero-order valence-electron chi connectivity index (χ0n) is 11.5. The molecule has 0 nitrogen and oxygen atoms in total. The molecule has 0 spiro atoms. The Balaban J connectivity index is 2.33. The number of hydrogen-bond acceptors (Lipinski definition) is 0. The number of unbranched alkanes of at least 4 members (excludes halogenated alkanes) is 4. The van der Waals surface area contributed by atoms with Gasteiger partial charge in [0.15, 0.2) is 0 Å². The average Bonchev–Trinajstić information content (AvgIpc) is 2.38. The van der Waals surface area contributed by atoms with E-state index in [1.54, 1.807) is 0 Å². The van der Waals surface area contributed by atoms with Crippen molar-refractivity contribution >= 4 is 0 Å². The van der Waals surface area contributed by atoms with Gasteiger partial charge in [0.05, 0.1) is 0 Å². The third kappa shape index (κ3) is 5.91. The Labute approximate surface area is 107 Å². The van der Waals surface area contributed by atoms with E-state index in [2.05, 4.69) is 44.2 Å². The minimum absolute atomic E-state index is 0.739. The maximum Gasteiger partial charge on any atom is -0.0146 e. The largest absolute Gasteiger partial charge is 0.0654 e. The predicted octanol–water partition coefficient (Wildman–Crippen LogP) is 5.73. The molecule has 0 amide bonds. The number of rotatable bonds is 9. The fraction of sp³-hybridized carbons (Fsp3) is 0.647. The van der Waals surface area contributed by atoms with Gasteiger partial charge in [0, 0.05) is 0 Å². The minimum Gasteiger partial charge on any atom is -0.0654 e. The van der Waals surface area contributed by atoms with Gasteiger partial charge in [-0.15, -0.1) is 0 Å². The van der Waals surface area contributed by atoms with Crippen LogP contribution in [-0.2, 0) is 0 Å². The second kappa shape index (κ2) is 9.27. The molecule has 0 bridgehead atoms. The van der Waals surface area contributed by atoms with Gasteiger partial charge in [-0.05, 0) is 30.4 Å². The van der Waals surface area contributed by atoms with Gasteiger partial charge < -0.3 is 0 Å². The summed E-state index contributed by atoms with van der Waals surface area (Å²) < 4.78 is 0. The molecule has 0 fully saturated rings. The topological polar surface area (TPSA) is 0 Å². The molecule has 1 aromatic rings. The van der Waals surface area contributed by atoms with Crippen LogP contribution in [0.25, 0.3) is 0 Å². The first-order valence-corrected chi connectivity index (χ1v) is 7.35. The van der Waals surface area contributed by atoms with Crippen molar-refractivity contribution in [3.05, 3.63) is 35.9 Å². The fourth-order valence-electron chi connectivity index (χ4n) is 2.46. The molecule has 0 aliphatic rings.